The molecule has 23 heavy (non-hydrogen) atoms. The lowest BCUT2D eigenvalue weighted by molar-refractivity contribution is 0.350. The lowest BCUT2D eigenvalue weighted by Crippen LogP contribution is -2.04. The van der Waals surface area contributed by atoms with Crippen LogP contribution in [0.15, 0.2) is 47.2 Å². The van der Waals surface area contributed by atoms with Crippen LogP contribution in [0.1, 0.15) is 30.7 Å². The van der Waals surface area contributed by atoms with Crippen LogP contribution in [0.2, 0.25) is 0 Å². The standard InChI is InChI=1S/C17H17N5O/c1-17(9-12(17)11-6-4-3-5-7-11)16-21-15(22-23-16)13-8-14(18-2)20-10-19-13/h3-8,10,12H,9H2,1-2H3,(H,18,19,20)/t12-,17+/m1/s1. The normalized spacial score (nSPS) is 22.8. The zero-order chi connectivity index (χ0) is 15.9. The summed E-state index contributed by atoms with van der Waals surface area (Å²) < 4.78 is 5.53. The van der Waals surface area contributed by atoms with Gasteiger partial charge in [0.05, 0.1) is 5.41 Å². The molecule has 1 aromatic carbocycles. The Morgan fingerprint density at radius 1 is 1.22 bits per heavy atom. The molecule has 1 saturated carbocycles. The van der Waals surface area contributed by atoms with E-state index in [1.165, 1.54) is 11.9 Å². The quantitative estimate of drug-likeness (QED) is 0.798. The van der Waals surface area contributed by atoms with Crippen LogP contribution in [-0.2, 0) is 5.41 Å². The Morgan fingerprint density at radius 3 is 2.83 bits per heavy atom. The van der Waals surface area contributed by atoms with Gasteiger partial charge in [0.15, 0.2) is 0 Å². The maximum Gasteiger partial charge on any atom is 0.233 e. The van der Waals surface area contributed by atoms with E-state index in [1.807, 2.05) is 13.1 Å². The van der Waals surface area contributed by atoms with E-state index in [4.69, 9.17) is 4.52 Å². The van der Waals surface area contributed by atoms with E-state index in [0.29, 0.717) is 23.3 Å². The van der Waals surface area contributed by atoms with Crippen LogP contribution < -0.4 is 5.32 Å². The second-order valence-electron chi connectivity index (χ2n) is 6.05. The van der Waals surface area contributed by atoms with E-state index >= 15 is 0 Å². The summed E-state index contributed by atoms with van der Waals surface area (Å²) in [5.74, 6) is 2.32. The first-order valence-electron chi connectivity index (χ1n) is 7.60. The van der Waals surface area contributed by atoms with Crippen molar-refractivity contribution in [2.45, 2.75) is 24.7 Å². The van der Waals surface area contributed by atoms with Crippen molar-refractivity contribution in [2.24, 2.45) is 0 Å². The van der Waals surface area contributed by atoms with Gasteiger partial charge in [-0.25, -0.2) is 9.97 Å². The van der Waals surface area contributed by atoms with Crippen molar-refractivity contribution in [2.75, 3.05) is 12.4 Å². The fourth-order valence-electron chi connectivity index (χ4n) is 2.95. The number of benzene rings is 1. The number of hydrogen-bond acceptors (Lipinski definition) is 6. The van der Waals surface area contributed by atoms with Crippen molar-refractivity contribution in [1.82, 2.24) is 20.1 Å². The number of nitrogens with zero attached hydrogens (tertiary/aromatic N) is 4. The van der Waals surface area contributed by atoms with Crippen molar-refractivity contribution in [3.63, 3.8) is 0 Å². The molecule has 1 aliphatic rings. The zero-order valence-electron chi connectivity index (χ0n) is 13.0. The van der Waals surface area contributed by atoms with Gasteiger partial charge in [0, 0.05) is 13.1 Å². The van der Waals surface area contributed by atoms with Crippen molar-refractivity contribution in [1.29, 1.82) is 0 Å². The van der Waals surface area contributed by atoms with Crippen molar-refractivity contribution >= 4 is 5.82 Å². The summed E-state index contributed by atoms with van der Waals surface area (Å²) in [4.78, 5) is 12.9. The molecule has 3 aromatic rings. The van der Waals surface area contributed by atoms with Gasteiger partial charge in [-0.2, -0.15) is 4.98 Å². The van der Waals surface area contributed by atoms with E-state index in [9.17, 15) is 0 Å². The number of nitrogens with one attached hydrogen (secondary N) is 1. The summed E-state index contributed by atoms with van der Waals surface area (Å²) in [5, 5.41) is 7.07. The molecule has 0 radical (unpaired) electrons. The third kappa shape index (κ3) is 2.36. The first-order valence-corrected chi connectivity index (χ1v) is 7.60. The highest BCUT2D eigenvalue weighted by Crippen LogP contribution is 2.59. The van der Waals surface area contributed by atoms with Gasteiger partial charge in [0.2, 0.25) is 11.7 Å². The van der Waals surface area contributed by atoms with Gasteiger partial charge in [-0.1, -0.05) is 42.4 Å². The summed E-state index contributed by atoms with van der Waals surface area (Å²) in [6, 6.07) is 12.3. The Kier molecular flexibility index (Phi) is 3.11. The Balaban J connectivity index is 1.61. The van der Waals surface area contributed by atoms with Crippen molar-refractivity contribution in [3.8, 4) is 11.5 Å². The number of hydrogen-bond donors (Lipinski definition) is 1. The van der Waals surface area contributed by atoms with Gasteiger partial charge in [-0.05, 0) is 17.9 Å². The highest BCUT2D eigenvalue weighted by atomic mass is 16.5. The highest BCUT2D eigenvalue weighted by molar-refractivity contribution is 5.54. The second kappa shape index (κ2) is 5.15. The minimum Gasteiger partial charge on any atom is -0.373 e. The molecule has 0 amide bonds. The van der Waals surface area contributed by atoms with Gasteiger partial charge < -0.3 is 9.84 Å². The summed E-state index contributed by atoms with van der Waals surface area (Å²) in [6.07, 6.45) is 2.51. The molecule has 2 atom stereocenters. The lowest BCUT2D eigenvalue weighted by Gasteiger charge is -2.05. The van der Waals surface area contributed by atoms with Gasteiger partial charge in [0.1, 0.15) is 17.8 Å². The average molecular weight is 307 g/mol. The SMILES string of the molecule is CNc1cc(-c2noc([C@@]3(C)C[C@@H]3c3ccccc3)n2)ncn1. The molecular formula is C17H17N5O. The topological polar surface area (TPSA) is 76.7 Å². The third-order valence-electron chi connectivity index (χ3n) is 4.51. The molecule has 2 heterocycles. The van der Waals surface area contributed by atoms with Crippen LogP contribution in [0.5, 0.6) is 0 Å². The number of rotatable bonds is 4. The first kappa shape index (κ1) is 13.9. The number of anilines is 1. The Hall–Kier alpha value is -2.76. The molecule has 1 fully saturated rings. The smallest absolute Gasteiger partial charge is 0.233 e. The minimum absolute atomic E-state index is 0.0918. The summed E-state index contributed by atoms with van der Waals surface area (Å²) in [6.45, 7) is 2.17. The molecule has 1 N–H and O–H groups in total. The third-order valence-corrected chi connectivity index (χ3v) is 4.51. The molecule has 4 rings (SSSR count). The van der Waals surface area contributed by atoms with E-state index < -0.39 is 0 Å². The first-order chi connectivity index (χ1) is 11.2. The monoisotopic (exact) mass is 307 g/mol. The van der Waals surface area contributed by atoms with Crippen LogP contribution in [-0.4, -0.2) is 27.2 Å². The molecule has 116 valence electrons. The minimum atomic E-state index is -0.0918. The molecule has 2 aromatic heterocycles. The molecule has 6 heteroatoms. The maximum absolute atomic E-state index is 5.53. The zero-order valence-corrected chi connectivity index (χ0v) is 13.0. The Morgan fingerprint density at radius 2 is 2.04 bits per heavy atom. The van der Waals surface area contributed by atoms with E-state index in [-0.39, 0.29) is 5.41 Å². The van der Waals surface area contributed by atoms with Crippen LogP contribution in [0.4, 0.5) is 5.82 Å². The Bertz CT molecular complexity index is 832. The van der Waals surface area contributed by atoms with Gasteiger partial charge in [0.25, 0.3) is 0 Å². The molecular weight excluding hydrogens is 290 g/mol. The van der Waals surface area contributed by atoms with E-state index in [0.717, 1.165) is 12.2 Å². The molecule has 0 bridgehead atoms. The predicted octanol–water partition coefficient (Wildman–Crippen LogP) is 3.01. The van der Waals surface area contributed by atoms with Crippen molar-refractivity contribution < 1.29 is 4.52 Å². The number of aromatic nitrogens is 4. The average Bonchev–Trinajstić information content (AvgIpc) is 3.07. The molecule has 1 aliphatic carbocycles. The molecule has 0 spiro atoms. The largest absolute Gasteiger partial charge is 0.373 e. The van der Waals surface area contributed by atoms with Crippen LogP contribution in [0, 0.1) is 0 Å². The summed E-state index contributed by atoms with van der Waals surface area (Å²) >= 11 is 0. The van der Waals surface area contributed by atoms with Crippen LogP contribution in [0.3, 0.4) is 0 Å². The van der Waals surface area contributed by atoms with Gasteiger partial charge >= 0.3 is 0 Å². The van der Waals surface area contributed by atoms with Crippen LogP contribution >= 0.6 is 0 Å². The molecule has 0 aliphatic heterocycles. The van der Waals surface area contributed by atoms with Gasteiger partial charge in [-0.3, -0.25) is 0 Å². The highest BCUT2D eigenvalue weighted by Gasteiger charge is 2.56. The lowest BCUT2D eigenvalue weighted by atomic mass is 10.0. The molecule has 6 nitrogen and oxygen atoms in total. The van der Waals surface area contributed by atoms with Gasteiger partial charge in [-0.15, -0.1) is 0 Å². The molecule has 0 unspecified atom stereocenters. The summed E-state index contributed by atoms with van der Waals surface area (Å²) in [7, 11) is 1.81. The van der Waals surface area contributed by atoms with E-state index in [2.05, 4.69) is 56.6 Å². The molecule has 0 saturated heterocycles. The van der Waals surface area contributed by atoms with E-state index in [1.54, 1.807) is 6.07 Å². The predicted molar refractivity (Wildman–Crippen MR) is 86.0 cm³/mol. The Labute approximate surface area is 134 Å². The van der Waals surface area contributed by atoms with Crippen molar-refractivity contribution in [3.05, 3.63) is 54.2 Å². The maximum atomic E-state index is 5.53. The van der Waals surface area contributed by atoms with Crippen LogP contribution in [0.25, 0.3) is 11.5 Å². The summed E-state index contributed by atoms with van der Waals surface area (Å²) in [5.41, 5.74) is 1.87. The fraction of sp³-hybridized carbons (Fsp3) is 0.294. The fourth-order valence-corrected chi connectivity index (χ4v) is 2.95. The second-order valence-corrected chi connectivity index (χ2v) is 6.05.